The summed E-state index contributed by atoms with van der Waals surface area (Å²) in [5.41, 5.74) is -1.18. The lowest BCUT2D eigenvalue weighted by atomic mass is 10.0. The van der Waals surface area contributed by atoms with Gasteiger partial charge in [-0.2, -0.15) is 0 Å². The van der Waals surface area contributed by atoms with Gasteiger partial charge in [-0.1, -0.05) is 0 Å². The summed E-state index contributed by atoms with van der Waals surface area (Å²) in [4.78, 5) is 50.7. The average molecular weight is 605 g/mol. The van der Waals surface area contributed by atoms with Crippen LogP contribution in [0.1, 0.15) is 69.8 Å². The quantitative estimate of drug-likeness (QED) is 0.348. The molecule has 1 aliphatic carbocycles. The summed E-state index contributed by atoms with van der Waals surface area (Å²) in [6, 6.07) is 0.197. The monoisotopic (exact) mass is 604 g/mol. The number of benzene rings is 1. The number of ether oxygens (including phenoxy) is 2. The molecule has 4 rings (SSSR count). The predicted molar refractivity (Wildman–Crippen MR) is 156 cm³/mol. The van der Waals surface area contributed by atoms with Crippen LogP contribution in [0.2, 0.25) is 0 Å². The molecule has 0 bridgehead atoms. The number of carbonyl (C=O) groups is 3. The predicted octanol–water partition coefficient (Wildman–Crippen LogP) is 3.44. The minimum Gasteiger partial charge on any atom is -0.492 e. The first-order valence-electron chi connectivity index (χ1n) is 14.2. The molecule has 1 saturated heterocycles. The van der Waals surface area contributed by atoms with Crippen molar-refractivity contribution in [3.8, 4) is 5.75 Å². The summed E-state index contributed by atoms with van der Waals surface area (Å²) in [5, 5.41) is 14.7. The molecule has 1 aromatic carbocycles. The minimum atomic E-state index is -1.40. The lowest BCUT2D eigenvalue weighted by molar-refractivity contribution is -0.153. The first kappa shape index (κ1) is 31.9. The van der Waals surface area contributed by atoms with Crippen molar-refractivity contribution in [3.63, 3.8) is 0 Å². The number of nitrogens with one attached hydrogen (secondary N) is 2. The van der Waals surface area contributed by atoms with Crippen molar-refractivity contribution in [2.24, 2.45) is 0 Å². The number of methoxy groups -OCH3 is 1. The van der Waals surface area contributed by atoms with Crippen LogP contribution in [-0.4, -0.2) is 72.5 Å². The van der Waals surface area contributed by atoms with Gasteiger partial charge in [-0.3, -0.25) is 19.7 Å². The number of hydrogen-bond acceptors (Lipinski definition) is 8. The maximum atomic E-state index is 15.7. The molecule has 0 radical (unpaired) electrons. The maximum absolute atomic E-state index is 15.7. The van der Waals surface area contributed by atoms with E-state index in [-0.39, 0.29) is 42.5 Å². The molecule has 234 valence electrons. The Bertz CT molecular complexity index is 1530. The van der Waals surface area contributed by atoms with Crippen molar-refractivity contribution < 1.29 is 37.7 Å². The van der Waals surface area contributed by atoms with E-state index in [4.69, 9.17) is 9.47 Å². The van der Waals surface area contributed by atoms with E-state index in [0.29, 0.717) is 30.5 Å². The average Bonchev–Trinajstić information content (AvgIpc) is 3.78. The van der Waals surface area contributed by atoms with E-state index in [2.05, 4.69) is 10.6 Å². The third-order valence-corrected chi connectivity index (χ3v) is 7.34. The molecule has 2 fully saturated rings. The zero-order valence-electron chi connectivity index (χ0n) is 25.0. The SMILES string of the molecule is COc1c(N2CCCC(=C(F)CNC(=O)[C@H](C)NCC(=O)OC(C)(C)C)C2)c(F)cc2c(=O)c(C(=O)O)cn(C3CC3)c12. The van der Waals surface area contributed by atoms with E-state index in [0.717, 1.165) is 18.9 Å². The molecule has 1 amide bonds. The summed E-state index contributed by atoms with van der Waals surface area (Å²) in [6.45, 7) is 6.59. The Labute approximate surface area is 247 Å². The highest BCUT2D eigenvalue weighted by molar-refractivity contribution is 5.97. The van der Waals surface area contributed by atoms with E-state index >= 15 is 8.78 Å². The number of halogens is 2. The second-order valence-electron chi connectivity index (χ2n) is 11.9. The Morgan fingerprint density at radius 2 is 1.91 bits per heavy atom. The number of anilines is 1. The first-order valence-corrected chi connectivity index (χ1v) is 14.2. The zero-order chi connectivity index (χ0) is 31.6. The van der Waals surface area contributed by atoms with Crippen molar-refractivity contribution in [2.75, 3.05) is 38.2 Å². The standard InChI is InChI=1S/C30H38F2N4O7/c1-16(33-13-23(37)43-30(2,3)4)28(39)34-12-22(32)17-7-6-10-35(14-17)25-21(31)11-19-24(27(25)42-5)36(18-8-9-18)15-20(26(19)38)29(40)41/h11,15-16,18,33H,6-10,12-14H2,1-5H3,(H,34,39)(H,40,41)/t16-/m0/s1. The number of nitrogens with zero attached hydrogens (tertiary/aromatic N) is 2. The fourth-order valence-electron chi connectivity index (χ4n) is 5.16. The van der Waals surface area contributed by atoms with E-state index in [1.54, 1.807) is 37.2 Å². The number of carboxylic acids is 1. The molecule has 3 N–H and O–H groups in total. The van der Waals surface area contributed by atoms with Crippen LogP contribution in [0, 0.1) is 5.82 Å². The van der Waals surface area contributed by atoms with Crippen LogP contribution in [0.3, 0.4) is 0 Å². The van der Waals surface area contributed by atoms with Crippen molar-refractivity contribution >= 4 is 34.4 Å². The van der Waals surface area contributed by atoms with Gasteiger partial charge in [-0.25, -0.2) is 13.6 Å². The summed E-state index contributed by atoms with van der Waals surface area (Å²) in [6.07, 6.45) is 3.72. The molecule has 2 aromatic rings. The Hall–Kier alpha value is -4.00. The van der Waals surface area contributed by atoms with Crippen molar-refractivity contribution in [3.05, 3.63) is 45.3 Å². The molecule has 1 aliphatic heterocycles. The van der Waals surface area contributed by atoms with Crippen LogP contribution in [-0.2, 0) is 14.3 Å². The van der Waals surface area contributed by atoms with Gasteiger partial charge in [0.1, 0.15) is 22.7 Å². The smallest absolute Gasteiger partial charge is 0.341 e. The van der Waals surface area contributed by atoms with E-state index in [9.17, 15) is 24.3 Å². The molecule has 43 heavy (non-hydrogen) atoms. The van der Waals surface area contributed by atoms with Crippen LogP contribution in [0.5, 0.6) is 5.75 Å². The van der Waals surface area contributed by atoms with Crippen LogP contribution < -0.4 is 25.7 Å². The largest absolute Gasteiger partial charge is 0.492 e. The minimum absolute atomic E-state index is 0.0216. The number of amides is 1. The molecule has 2 aliphatic rings. The molecule has 11 nitrogen and oxygen atoms in total. The molecule has 1 atom stereocenters. The number of pyridine rings is 1. The van der Waals surface area contributed by atoms with Gasteiger partial charge in [0.05, 0.1) is 37.1 Å². The fourth-order valence-corrected chi connectivity index (χ4v) is 5.16. The molecule has 1 aromatic heterocycles. The highest BCUT2D eigenvalue weighted by Gasteiger charge is 2.32. The normalized spacial score (nSPS) is 17.4. The van der Waals surface area contributed by atoms with Crippen LogP contribution >= 0.6 is 0 Å². The van der Waals surface area contributed by atoms with E-state index < -0.39 is 52.1 Å². The third-order valence-electron chi connectivity index (χ3n) is 7.34. The molecular weight excluding hydrogens is 566 g/mol. The lowest BCUT2D eigenvalue weighted by Crippen LogP contribution is -2.45. The fraction of sp³-hybridized carbons (Fsp3) is 0.533. The molecular formula is C30H38F2N4O7. The van der Waals surface area contributed by atoms with Gasteiger partial charge in [0.15, 0.2) is 11.6 Å². The number of aromatic nitrogens is 1. The van der Waals surface area contributed by atoms with E-state index in [1.807, 2.05) is 0 Å². The number of fused-ring (bicyclic) bond motifs is 1. The number of piperidine rings is 1. The Kier molecular flexibility index (Phi) is 9.43. The molecule has 13 heteroatoms. The first-order chi connectivity index (χ1) is 20.2. The lowest BCUT2D eigenvalue weighted by Gasteiger charge is -2.33. The van der Waals surface area contributed by atoms with E-state index in [1.165, 1.54) is 13.3 Å². The number of carboxylic acid groups (broad SMARTS) is 1. The zero-order valence-corrected chi connectivity index (χ0v) is 25.0. The molecule has 0 unspecified atom stereocenters. The van der Waals surface area contributed by atoms with Crippen LogP contribution in [0.15, 0.2) is 28.5 Å². The Balaban J connectivity index is 1.53. The highest BCUT2D eigenvalue weighted by Crippen LogP contribution is 2.44. The number of rotatable bonds is 10. The summed E-state index contributed by atoms with van der Waals surface area (Å²) < 4.78 is 43.5. The van der Waals surface area contributed by atoms with Gasteiger partial charge in [-0.05, 0) is 65.0 Å². The van der Waals surface area contributed by atoms with Gasteiger partial charge in [0.2, 0.25) is 11.3 Å². The number of aromatic carboxylic acids is 1. The third kappa shape index (κ3) is 7.32. The summed E-state index contributed by atoms with van der Waals surface area (Å²) in [5.74, 6) is -3.68. The molecule has 1 saturated carbocycles. The highest BCUT2D eigenvalue weighted by atomic mass is 19.1. The van der Waals surface area contributed by atoms with Gasteiger partial charge in [-0.15, -0.1) is 0 Å². The van der Waals surface area contributed by atoms with Crippen molar-refractivity contribution in [1.29, 1.82) is 0 Å². The van der Waals surface area contributed by atoms with Gasteiger partial charge < -0.3 is 29.4 Å². The van der Waals surface area contributed by atoms with Gasteiger partial charge >= 0.3 is 11.9 Å². The van der Waals surface area contributed by atoms with Crippen molar-refractivity contribution in [1.82, 2.24) is 15.2 Å². The number of esters is 1. The number of hydrogen-bond donors (Lipinski definition) is 3. The van der Waals surface area contributed by atoms with Gasteiger partial charge in [0.25, 0.3) is 0 Å². The summed E-state index contributed by atoms with van der Waals surface area (Å²) >= 11 is 0. The second kappa shape index (κ2) is 12.7. The summed E-state index contributed by atoms with van der Waals surface area (Å²) in [7, 11) is 1.35. The second-order valence-corrected chi connectivity index (χ2v) is 11.9. The van der Waals surface area contributed by atoms with Gasteiger partial charge in [0, 0.05) is 25.3 Å². The molecule has 2 heterocycles. The van der Waals surface area contributed by atoms with Crippen LogP contribution in [0.4, 0.5) is 14.5 Å². The van der Waals surface area contributed by atoms with Crippen LogP contribution in [0.25, 0.3) is 10.9 Å². The maximum Gasteiger partial charge on any atom is 0.341 e. The number of carbonyl (C=O) groups excluding carboxylic acids is 2. The Morgan fingerprint density at radius 3 is 2.51 bits per heavy atom. The molecule has 0 spiro atoms. The Morgan fingerprint density at radius 1 is 1.21 bits per heavy atom. The topological polar surface area (TPSA) is 139 Å². The van der Waals surface area contributed by atoms with Crippen molar-refractivity contribution in [2.45, 2.75) is 71.1 Å².